The Kier molecular flexibility index (Phi) is 26.4. The van der Waals surface area contributed by atoms with Crippen molar-refractivity contribution in [1.29, 1.82) is 0 Å². The van der Waals surface area contributed by atoms with E-state index < -0.39 is 0 Å². The number of benzene rings is 5. The van der Waals surface area contributed by atoms with Crippen LogP contribution in [0.2, 0.25) is 0 Å². The number of hydrogen-bond donors (Lipinski definition) is 0. The van der Waals surface area contributed by atoms with E-state index >= 15 is 0 Å². The van der Waals surface area contributed by atoms with E-state index in [1.807, 2.05) is 113 Å². The Balaban J connectivity index is 0.000000137. The van der Waals surface area contributed by atoms with E-state index in [0.717, 1.165) is 0 Å². The monoisotopic (exact) mass is 1640 g/mol. The van der Waals surface area contributed by atoms with Crippen molar-refractivity contribution in [3.8, 4) is 55.6 Å². The fourth-order valence-electron chi connectivity index (χ4n) is 15.3. The fourth-order valence-corrected chi connectivity index (χ4v) is 27.9. The molecule has 0 unspecified atom stereocenters. The molecule has 0 radical (unpaired) electrons. The largest absolute Gasteiger partial charge is 0.142 e. The third-order valence-electron chi connectivity index (χ3n) is 21.6. The fraction of sp³-hybridized carbons (Fsp3) is 0.400. The molecule has 10 heterocycles. The van der Waals surface area contributed by atoms with Crippen LogP contribution in [0.15, 0.2) is 124 Å². The van der Waals surface area contributed by atoms with Crippen molar-refractivity contribution in [3.05, 3.63) is 226 Å². The molecule has 0 saturated carbocycles. The highest BCUT2D eigenvalue weighted by molar-refractivity contribution is 7.30. The van der Waals surface area contributed by atoms with Gasteiger partial charge >= 0.3 is 0 Å². The second-order valence-corrected chi connectivity index (χ2v) is 46.1. The van der Waals surface area contributed by atoms with Gasteiger partial charge in [0.15, 0.2) is 0 Å². The number of fused-ring (bicyclic) bond motifs is 5. The third-order valence-corrected chi connectivity index (χ3v) is 34.0. The molecule has 0 saturated heterocycles. The smallest absolute Gasteiger partial charge is 0.0534 e. The Morgan fingerprint density at radius 3 is 0.891 bits per heavy atom. The molecule has 0 aliphatic heterocycles. The quantitative estimate of drug-likeness (QED) is 0.121. The summed E-state index contributed by atoms with van der Waals surface area (Å²) in [6.45, 7) is 70.9. The van der Waals surface area contributed by atoms with Gasteiger partial charge in [0.05, 0.1) is 23.5 Å². The summed E-state index contributed by atoms with van der Waals surface area (Å²) in [5.41, 5.74) is 35.3. The molecule has 110 heavy (non-hydrogen) atoms. The number of thiophene rings is 10. The van der Waals surface area contributed by atoms with Crippen molar-refractivity contribution in [3.63, 3.8) is 0 Å². The highest BCUT2D eigenvalue weighted by Crippen LogP contribution is 2.53. The molecule has 580 valence electrons. The minimum Gasteiger partial charge on any atom is -0.142 e. The van der Waals surface area contributed by atoms with Crippen LogP contribution in [0, 0.1) is 69.2 Å². The van der Waals surface area contributed by atoms with Crippen LogP contribution < -0.4 is 0 Å². The van der Waals surface area contributed by atoms with Crippen LogP contribution in [-0.2, 0) is 16.2 Å². The molecule has 10 heteroatoms. The van der Waals surface area contributed by atoms with E-state index in [1.165, 1.54) is 205 Å². The number of aryl methyl sites for hydroxylation is 10. The second kappa shape index (κ2) is 34.1. The summed E-state index contributed by atoms with van der Waals surface area (Å²) < 4.78 is 14.7. The molecule has 0 aliphatic rings. The molecule has 0 atom stereocenters. The highest BCUT2D eigenvalue weighted by atomic mass is 32.1. The predicted molar refractivity (Wildman–Crippen MR) is 514 cm³/mol. The van der Waals surface area contributed by atoms with Gasteiger partial charge in [-0.2, -0.15) is 0 Å². The van der Waals surface area contributed by atoms with Crippen molar-refractivity contribution in [2.24, 2.45) is 0 Å². The standard InChI is InChI=1S/C23H30S2.C22H28S2.C20H24S2.C18H20S2.C17H18S2/c1-12(2)17-9-18(13(3)4)21(19(10-17)14(5)6)20-16(8)25-22-15(7)11-24-23(20)22;1-13-12-23-20-18(14(2)24-19(13)20)16-10-9-15(21(3,4)5)11-17(16)22(6,7)8;1-11(2)15-7-8-16(17(9-15)12(3)4)18-14(6)22-19-13(5)10-21-20(18)19;1-11-10-19-17-15(12(2)20-16(11)17)13-8-6-7-9-14(13)18(3,4)5;1-10(2)13-7-5-6-8-14(13)15-12(4)19-16-11(3)9-18-17(15)16/h9-14H,1-8H3;9-12H,1-8H3;7-12H,1-6H3;6-10H,1-5H3;5-10H,1-4H3. The van der Waals surface area contributed by atoms with E-state index in [0.29, 0.717) is 35.5 Å². The summed E-state index contributed by atoms with van der Waals surface area (Å²) in [5.74, 6) is 3.31. The third kappa shape index (κ3) is 17.5. The van der Waals surface area contributed by atoms with Crippen LogP contribution in [0.5, 0.6) is 0 Å². The average Bonchev–Trinajstić information content (AvgIpc) is 1.61. The van der Waals surface area contributed by atoms with E-state index in [2.05, 4.69) is 339 Å². The number of rotatable bonds is 11. The van der Waals surface area contributed by atoms with Crippen molar-refractivity contribution in [1.82, 2.24) is 0 Å². The maximum absolute atomic E-state index is 2.47. The molecule has 15 aromatic rings. The molecule has 0 fully saturated rings. The Hall–Kier alpha value is -5.60. The van der Waals surface area contributed by atoms with E-state index in [4.69, 9.17) is 0 Å². The van der Waals surface area contributed by atoms with Crippen LogP contribution >= 0.6 is 113 Å². The maximum Gasteiger partial charge on any atom is 0.0534 e. The van der Waals surface area contributed by atoms with Gasteiger partial charge in [-0.1, -0.05) is 242 Å². The van der Waals surface area contributed by atoms with Crippen molar-refractivity contribution < 1.29 is 0 Å². The predicted octanol–water partition coefficient (Wildman–Crippen LogP) is 36.9. The lowest BCUT2D eigenvalue weighted by atomic mass is 9.77. The first-order valence-electron chi connectivity index (χ1n) is 39.6. The Morgan fingerprint density at radius 2 is 0.536 bits per heavy atom. The van der Waals surface area contributed by atoms with Gasteiger partial charge in [-0.3, -0.25) is 0 Å². The first-order chi connectivity index (χ1) is 51.6. The molecule has 0 spiro atoms. The molecule has 15 rings (SSSR count). The summed E-state index contributed by atoms with van der Waals surface area (Å²) >= 11 is 19.2. The molecule has 5 aromatic carbocycles. The van der Waals surface area contributed by atoms with Crippen LogP contribution in [0.3, 0.4) is 0 Å². The van der Waals surface area contributed by atoms with Crippen molar-refractivity contribution >= 4 is 160 Å². The Bertz CT molecular complexity index is 5720. The Labute approximate surface area is 701 Å². The summed E-state index contributed by atoms with van der Waals surface area (Å²) in [6.07, 6.45) is 0. The molecule has 0 amide bonds. The number of hydrogen-bond acceptors (Lipinski definition) is 10. The van der Waals surface area contributed by atoms with Crippen LogP contribution in [-0.4, -0.2) is 0 Å². The first kappa shape index (κ1) is 85.3. The molecule has 0 aliphatic carbocycles. The van der Waals surface area contributed by atoms with Gasteiger partial charge in [0.25, 0.3) is 0 Å². The lowest BCUT2D eigenvalue weighted by Gasteiger charge is -2.27. The van der Waals surface area contributed by atoms with Gasteiger partial charge in [-0.25, -0.2) is 0 Å². The van der Waals surface area contributed by atoms with Gasteiger partial charge in [0.1, 0.15) is 0 Å². The lowest BCUT2D eigenvalue weighted by molar-refractivity contribution is 0.570. The Morgan fingerprint density at radius 1 is 0.236 bits per heavy atom. The van der Waals surface area contributed by atoms with E-state index in [1.54, 1.807) is 0 Å². The lowest BCUT2D eigenvalue weighted by Crippen LogP contribution is -2.17. The summed E-state index contributed by atoms with van der Waals surface area (Å²) in [6, 6.07) is 36.9. The summed E-state index contributed by atoms with van der Waals surface area (Å²) in [4.78, 5) is 7.23. The van der Waals surface area contributed by atoms with E-state index in [9.17, 15) is 0 Å². The molecular weight excluding hydrogens is 1520 g/mol. The van der Waals surface area contributed by atoms with Gasteiger partial charge in [-0.05, 0) is 254 Å². The van der Waals surface area contributed by atoms with Gasteiger partial charge in [0.2, 0.25) is 0 Å². The minimum atomic E-state index is 0.129. The SMILES string of the molecule is Cc1sc2c(C)csc2c1-c1c(C(C)C)cc(C(C)C)cc1C(C)C.Cc1sc2c(C)csc2c1-c1ccc(C(C)(C)C)cc1C(C)(C)C.Cc1sc2c(C)csc2c1-c1ccc(C(C)C)cc1C(C)C.Cc1sc2c(C)csc2c1-c1ccccc1C(C)(C)C.Cc1sc2c(C)csc2c1-c1ccccc1C(C)C. The van der Waals surface area contributed by atoms with Crippen LogP contribution in [0.25, 0.3) is 103 Å². The van der Waals surface area contributed by atoms with Gasteiger partial charge in [-0.15, -0.1) is 113 Å². The molecule has 0 bridgehead atoms. The minimum absolute atomic E-state index is 0.129. The molecular formula is C100H120S10. The van der Waals surface area contributed by atoms with Crippen LogP contribution in [0.4, 0.5) is 0 Å². The zero-order chi connectivity index (χ0) is 80.4. The zero-order valence-electron chi connectivity index (χ0n) is 71.7. The summed E-state index contributed by atoms with van der Waals surface area (Å²) in [5, 5.41) is 11.5. The van der Waals surface area contributed by atoms with E-state index in [-0.39, 0.29) is 16.2 Å². The zero-order valence-corrected chi connectivity index (χ0v) is 79.8. The second-order valence-electron chi connectivity index (χ2n) is 35.5. The molecule has 0 nitrogen and oxygen atoms in total. The summed E-state index contributed by atoms with van der Waals surface area (Å²) in [7, 11) is 0. The van der Waals surface area contributed by atoms with Crippen LogP contribution in [0.1, 0.15) is 283 Å². The van der Waals surface area contributed by atoms with Gasteiger partial charge in [0, 0.05) is 75.7 Å². The van der Waals surface area contributed by atoms with Crippen molar-refractivity contribution in [2.45, 2.75) is 266 Å². The molecule has 10 aromatic heterocycles. The van der Waals surface area contributed by atoms with Gasteiger partial charge < -0.3 is 0 Å². The van der Waals surface area contributed by atoms with Crippen molar-refractivity contribution in [2.75, 3.05) is 0 Å². The normalized spacial score (nSPS) is 12.3. The molecule has 0 N–H and O–H groups in total. The average molecular weight is 1640 g/mol. The highest BCUT2D eigenvalue weighted by Gasteiger charge is 2.29. The maximum atomic E-state index is 2.47. The topological polar surface area (TPSA) is 0 Å². The first-order valence-corrected chi connectivity index (χ1v) is 48.1.